The Hall–Kier alpha value is -1.42. The van der Waals surface area contributed by atoms with E-state index in [1.165, 1.54) is 154 Å². The minimum atomic E-state index is -3.53. The van der Waals surface area contributed by atoms with Crippen molar-refractivity contribution in [2.45, 2.75) is 265 Å². The number of hydrogen-bond donors (Lipinski definition) is 3. The molecule has 0 aromatic heterocycles. The molecule has 10 nitrogen and oxygen atoms in total. The lowest BCUT2D eigenvalue weighted by atomic mass is 10.0. The first kappa shape index (κ1) is 63.7. The fourth-order valence-electron chi connectivity index (χ4n) is 7.09. The average Bonchev–Trinajstić information content (AvgIpc) is 3.27. The van der Waals surface area contributed by atoms with Gasteiger partial charge in [-0.15, -0.1) is 0 Å². The van der Waals surface area contributed by atoms with E-state index in [-0.39, 0.29) is 44.3 Å². The van der Waals surface area contributed by atoms with Gasteiger partial charge in [-0.25, -0.2) is 0 Å². The van der Waals surface area contributed by atoms with Crippen molar-refractivity contribution in [3.63, 3.8) is 0 Å². The van der Waals surface area contributed by atoms with Gasteiger partial charge in [-0.3, -0.25) is 9.59 Å². The van der Waals surface area contributed by atoms with Gasteiger partial charge in [-0.05, 0) is 47.0 Å². The number of allylic oxidation sites excluding steroid dienone is 1. The van der Waals surface area contributed by atoms with Crippen molar-refractivity contribution in [2.75, 3.05) is 40.0 Å². The second kappa shape index (κ2) is 45.7. The molecule has 0 saturated heterocycles. The summed E-state index contributed by atoms with van der Waals surface area (Å²) < 4.78 is 28.8. The molecule has 0 aliphatic heterocycles. The van der Waals surface area contributed by atoms with Crippen molar-refractivity contribution in [3.05, 3.63) is 12.3 Å². The lowest BCUT2D eigenvalue weighted by Crippen LogP contribution is -2.47. The zero-order valence-corrected chi connectivity index (χ0v) is 43.7. The highest BCUT2D eigenvalue weighted by molar-refractivity contribution is 7.58. The average molecular weight is 917 g/mol. The maximum Gasteiger partial charge on any atom is 0.306 e. The number of esters is 1. The second-order valence-corrected chi connectivity index (χ2v) is 19.8. The summed E-state index contributed by atoms with van der Waals surface area (Å²) in [6, 6.07) is 0.105. The largest absolute Gasteiger partial charge is 0.495 e. The van der Waals surface area contributed by atoms with E-state index in [0.717, 1.165) is 38.5 Å². The molecule has 3 N–H and O–H groups in total. The molecule has 0 spiro atoms. The van der Waals surface area contributed by atoms with Crippen LogP contribution in [0.3, 0.4) is 0 Å². The number of ether oxygens (including phenoxy) is 3. The minimum absolute atomic E-state index is 0.0152. The summed E-state index contributed by atoms with van der Waals surface area (Å²) in [7, 11) is -1.69. The molecule has 0 rings (SSSR count). The van der Waals surface area contributed by atoms with Crippen molar-refractivity contribution >= 4 is 25.7 Å². The Labute approximate surface area is 390 Å². The molecule has 0 bridgehead atoms. The number of rotatable bonds is 47. The van der Waals surface area contributed by atoms with E-state index in [9.17, 15) is 14.5 Å². The fourth-order valence-corrected chi connectivity index (χ4v) is 7.94. The van der Waals surface area contributed by atoms with E-state index in [1.54, 1.807) is 13.8 Å². The quantitative estimate of drug-likeness (QED) is 0.0237. The summed E-state index contributed by atoms with van der Waals surface area (Å²) in [4.78, 5) is 36.4. The van der Waals surface area contributed by atoms with Crippen LogP contribution in [0.4, 0.5) is 0 Å². The van der Waals surface area contributed by atoms with Crippen LogP contribution in [0.15, 0.2) is 12.3 Å². The van der Waals surface area contributed by atoms with E-state index in [0.29, 0.717) is 18.8 Å². The van der Waals surface area contributed by atoms with Gasteiger partial charge >= 0.3 is 5.97 Å². The Morgan fingerprint density at radius 2 is 1.02 bits per heavy atom. The van der Waals surface area contributed by atoms with Crippen molar-refractivity contribution in [1.29, 1.82) is 0 Å². The molecule has 2 unspecified atom stereocenters. The molecule has 1 amide bonds. The molecule has 0 radical (unpaired) electrons. The van der Waals surface area contributed by atoms with Gasteiger partial charge in [0.15, 0.2) is 6.10 Å². The summed E-state index contributed by atoms with van der Waals surface area (Å²) in [6.45, 7) is 18.5. The zero-order valence-electron chi connectivity index (χ0n) is 42.8. The number of carbonyl (C=O) groups excluding carboxylic acids is 2. The molecule has 0 aromatic carbocycles. The van der Waals surface area contributed by atoms with Gasteiger partial charge in [0.05, 0.1) is 25.6 Å². The van der Waals surface area contributed by atoms with Crippen molar-refractivity contribution in [1.82, 2.24) is 10.6 Å². The highest BCUT2D eigenvalue weighted by Crippen LogP contribution is 2.42. The predicted octanol–water partition coefficient (Wildman–Crippen LogP) is 14.3. The number of unbranched alkanes of at least 4 members (excludes halogenated alkanes) is 27. The molecule has 0 aliphatic carbocycles. The van der Waals surface area contributed by atoms with Gasteiger partial charge in [-0.2, -0.15) is 0 Å². The van der Waals surface area contributed by atoms with Crippen LogP contribution in [0.2, 0.25) is 0 Å². The highest BCUT2D eigenvalue weighted by atomic mass is 31.2. The summed E-state index contributed by atoms with van der Waals surface area (Å²) in [6.07, 6.45) is 41.3. The smallest absolute Gasteiger partial charge is 0.306 e. The molecule has 0 aliphatic rings. The van der Waals surface area contributed by atoms with Gasteiger partial charge in [-0.1, -0.05) is 208 Å². The van der Waals surface area contributed by atoms with E-state index < -0.39 is 19.3 Å². The first-order valence-electron chi connectivity index (χ1n) is 26.2. The molecule has 3 atom stereocenters. The Kier molecular flexibility index (Phi) is 46.2. The standard InChI is InChI=1S/C50H99N2O8P.C2H6/c1-9-11-13-15-17-19-21-23-25-27-29-31-33-35-37-39-48(53)60-47(43-56-46(4)38-36-34-32-30-28-26-24-22-20-18-16-14-12-10-2)44-59-61(8,55)58-41-40-52-49(54)50(5,6)57-42-45(3)51-7;1-2/h45,47,51,55H,4,8-44H2,1-3,5-7H3,(H,52,54);1-2H3/t45?,47-,61?;/m1./s1. The predicted molar refractivity (Wildman–Crippen MR) is 271 cm³/mol. The summed E-state index contributed by atoms with van der Waals surface area (Å²) in [5.74, 6) is 0.0492. The minimum Gasteiger partial charge on any atom is -0.495 e. The summed E-state index contributed by atoms with van der Waals surface area (Å²) in [5, 5.41) is 5.86. The molecule has 0 heterocycles. The Morgan fingerprint density at radius 3 is 1.43 bits per heavy atom. The number of nitrogens with one attached hydrogen (secondary N) is 2. The van der Waals surface area contributed by atoms with Crippen LogP contribution < -0.4 is 10.6 Å². The first-order valence-corrected chi connectivity index (χ1v) is 28.0. The van der Waals surface area contributed by atoms with Crippen LogP contribution in [0.5, 0.6) is 0 Å². The topological polar surface area (TPSA) is 125 Å². The van der Waals surface area contributed by atoms with Gasteiger partial charge in [0.2, 0.25) is 7.57 Å². The molecular weight excluding hydrogens is 812 g/mol. The maximum atomic E-state index is 12.9. The maximum absolute atomic E-state index is 12.9. The van der Waals surface area contributed by atoms with Gasteiger partial charge in [0.1, 0.15) is 12.2 Å². The third-order valence-electron chi connectivity index (χ3n) is 11.4. The number of carbonyl (C=O) groups is 2. The third kappa shape index (κ3) is 44.2. The van der Waals surface area contributed by atoms with Crippen LogP contribution >= 0.6 is 7.57 Å². The van der Waals surface area contributed by atoms with E-state index in [2.05, 4.69) is 37.4 Å². The third-order valence-corrected chi connectivity index (χ3v) is 12.6. The van der Waals surface area contributed by atoms with E-state index >= 15 is 0 Å². The van der Waals surface area contributed by atoms with Crippen LogP contribution in [-0.4, -0.2) is 80.8 Å². The SMILES string of the molecule is C=C(CCCCCCCCCCCCCCCC)OC[C@H](COP(=C)(O)OCCNC(=O)C(C)(C)OCC(C)NC)OC(=O)CCCCCCCCCCCCCCCCC.CC. The molecule has 376 valence electrons. The van der Waals surface area contributed by atoms with Gasteiger partial charge < -0.3 is 38.8 Å². The lowest BCUT2D eigenvalue weighted by molar-refractivity contribution is -0.153. The van der Waals surface area contributed by atoms with Crippen LogP contribution in [-0.2, 0) is 32.8 Å². The normalized spacial score (nSPS) is 13.4. The van der Waals surface area contributed by atoms with E-state index in [1.807, 2.05) is 27.8 Å². The summed E-state index contributed by atoms with van der Waals surface area (Å²) >= 11 is 0. The van der Waals surface area contributed by atoms with E-state index in [4.69, 9.17) is 23.3 Å². The highest BCUT2D eigenvalue weighted by Gasteiger charge is 2.29. The Balaban J connectivity index is 0. The Morgan fingerprint density at radius 1 is 0.619 bits per heavy atom. The number of likely N-dealkylation sites (N-methyl/N-ethyl adjacent to an activating group) is 1. The molecule has 0 fully saturated rings. The summed E-state index contributed by atoms with van der Waals surface area (Å²) in [5.41, 5.74) is -1.03. The second-order valence-electron chi connectivity index (χ2n) is 18.0. The Bertz CT molecular complexity index is 1090. The molecule has 63 heavy (non-hydrogen) atoms. The van der Waals surface area contributed by atoms with Crippen molar-refractivity contribution in [2.24, 2.45) is 0 Å². The fraction of sp³-hybridized carbons (Fsp3) is 0.904. The van der Waals surface area contributed by atoms with Crippen LogP contribution in [0.1, 0.15) is 248 Å². The number of hydrogen-bond acceptors (Lipinski definition) is 9. The molecule has 0 aromatic rings. The lowest BCUT2D eigenvalue weighted by Gasteiger charge is -2.26. The van der Waals surface area contributed by atoms with Crippen molar-refractivity contribution < 1.29 is 37.7 Å². The van der Waals surface area contributed by atoms with Gasteiger partial charge in [0, 0.05) is 25.4 Å². The molecule has 0 saturated carbocycles. The van der Waals surface area contributed by atoms with Crippen molar-refractivity contribution in [3.8, 4) is 0 Å². The van der Waals surface area contributed by atoms with Gasteiger partial charge in [0.25, 0.3) is 5.91 Å². The zero-order chi connectivity index (χ0) is 47.3. The number of amides is 1. The van der Waals surface area contributed by atoms with Crippen LogP contribution in [0, 0.1) is 0 Å². The molecule has 11 heteroatoms. The first-order chi connectivity index (χ1) is 30.4. The van der Waals surface area contributed by atoms with Crippen LogP contribution in [0.25, 0.3) is 0 Å². The molecular formula is C52H105N2O8P. The monoisotopic (exact) mass is 917 g/mol.